The number of halogens is 1. The highest BCUT2D eigenvalue weighted by molar-refractivity contribution is 7.92. The number of nitrogens with zero attached hydrogens (tertiary/aromatic N) is 2. The fourth-order valence-electron chi connectivity index (χ4n) is 3.95. The largest absolute Gasteiger partial charge is 0.335 e. The average Bonchev–Trinajstić information content (AvgIpc) is 3.02. The fraction of sp³-hybridized carbons (Fsp3) is 0.381. The van der Waals surface area contributed by atoms with Gasteiger partial charge in [0.05, 0.1) is 47.7 Å². The number of aromatic nitrogens is 2. The summed E-state index contributed by atoms with van der Waals surface area (Å²) in [6.07, 6.45) is 4.90. The van der Waals surface area contributed by atoms with E-state index in [1.54, 1.807) is 29.2 Å². The van der Waals surface area contributed by atoms with Gasteiger partial charge in [-0.15, -0.1) is 0 Å². The van der Waals surface area contributed by atoms with E-state index in [0.29, 0.717) is 10.7 Å². The van der Waals surface area contributed by atoms with Gasteiger partial charge in [0.25, 0.3) is 10.0 Å². The summed E-state index contributed by atoms with van der Waals surface area (Å²) in [6.45, 7) is 3.59. The van der Waals surface area contributed by atoms with Crippen LogP contribution in [0.5, 0.6) is 0 Å². The Bertz CT molecular complexity index is 1100. The molecule has 0 radical (unpaired) electrons. The number of fused-ring (bicyclic) bond motifs is 1. The second-order valence-electron chi connectivity index (χ2n) is 7.66. The second kappa shape index (κ2) is 8.34. The molecule has 4 rings (SSSR count). The Balaban J connectivity index is 1.52. The molecule has 3 aromatic rings. The first-order valence-corrected chi connectivity index (χ1v) is 11.9. The van der Waals surface area contributed by atoms with Crippen molar-refractivity contribution < 1.29 is 13.3 Å². The van der Waals surface area contributed by atoms with E-state index < -0.39 is 10.0 Å². The summed E-state index contributed by atoms with van der Waals surface area (Å²) < 4.78 is 30.0. The molecule has 0 aliphatic carbocycles. The van der Waals surface area contributed by atoms with E-state index in [-0.39, 0.29) is 4.90 Å². The Morgan fingerprint density at radius 3 is 2.55 bits per heavy atom. The standard InChI is InChI=1S/C21H25ClN4O2S/c1-25-20-10-7-17(24-29(27,28)18-8-5-16(22)6-9-18)15-19(20)23-21(25)11-14-26-12-3-2-4-13-26/h5-10,15,24H,2-4,11-14H2,1H3/p+1. The van der Waals surface area contributed by atoms with Gasteiger partial charge >= 0.3 is 0 Å². The van der Waals surface area contributed by atoms with Crippen LogP contribution in [0.3, 0.4) is 0 Å². The topological polar surface area (TPSA) is 68.4 Å². The Morgan fingerprint density at radius 1 is 1.10 bits per heavy atom. The monoisotopic (exact) mass is 433 g/mol. The summed E-state index contributed by atoms with van der Waals surface area (Å²) in [7, 11) is -1.65. The normalized spacial score (nSPS) is 15.7. The molecule has 0 bridgehead atoms. The molecule has 1 aliphatic heterocycles. The van der Waals surface area contributed by atoms with Gasteiger partial charge in [-0.05, 0) is 61.7 Å². The SMILES string of the molecule is Cn1c(CC[NH+]2CCCCC2)nc2cc(NS(=O)(=O)c3ccc(Cl)cc3)ccc21. The first-order valence-electron chi connectivity index (χ1n) is 10.00. The molecule has 0 amide bonds. The van der Waals surface area contributed by atoms with Crippen LogP contribution in [0.25, 0.3) is 11.0 Å². The molecule has 0 atom stereocenters. The van der Waals surface area contributed by atoms with Crippen molar-refractivity contribution in [1.82, 2.24) is 9.55 Å². The van der Waals surface area contributed by atoms with Crippen LogP contribution in [0.15, 0.2) is 47.4 Å². The quantitative estimate of drug-likeness (QED) is 0.628. The zero-order valence-electron chi connectivity index (χ0n) is 16.5. The molecule has 2 heterocycles. The number of hydrogen-bond donors (Lipinski definition) is 2. The number of rotatable bonds is 6. The lowest BCUT2D eigenvalue weighted by Gasteiger charge is -2.23. The van der Waals surface area contributed by atoms with Crippen LogP contribution in [0.4, 0.5) is 5.69 Å². The number of piperidine rings is 1. The number of anilines is 1. The van der Waals surface area contributed by atoms with Crippen LogP contribution in [-0.4, -0.2) is 37.6 Å². The van der Waals surface area contributed by atoms with Crippen LogP contribution in [0, 0.1) is 0 Å². The highest BCUT2D eigenvalue weighted by Crippen LogP contribution is 2.23. The van der Waals surface area contributed by atoms with E-state index in [9.17, 15) is 8.42 Å². The van der Waals surface area contributed by atoms with Crippen molar-refractivity contribution in [2.24, 2.45) is 7.05 Å². The predicted octanol–water partition coefficient (Wildman–Crippen LogP) is 2.64. The van der Waals surface area contributed by atoms with Crippen molar-refractivity contribution in [3.05, 3.63) is 53.3 Å². The van der Waals surface area contributed by atoms with E-state index in [2.05, 4.69) is 9.29 Å². The Kier molecular flexibility index (Phi) is 5.81. The number of sulfonamides is 1. The lowest BCUT2D eigenvalue weighted by molar-refractivity contribution is -0.904. The molecule has 0 unspecified atom stereocenters. The van der Waals surface area contributed by atoms with Gasteiger partial charge in [-0.3, -0.25) is 4.72 Å². The average molecular weight is 434 g/mol. The summed E-state index contributed by atoms with van der Waals surface area (Å²) >= 11 is 5.85. The third-order valence-electron chi connectivity index (χ3n) is 5.61. The highest BCUT2D eigenvalue weighted by atomic mass is 35.5. The Morgan fingerprint density at radius 2 is 1.83 bits per heavy atom. The number of nitrogens with one attached hydrogen (secondary N) is 2. The molecule has 8 heteroatoms. The van der Waals surface area contributed by atoms with Crippen molar-refractivity contribution in [3.8, 4) is 0 Å². The van der Waals surface area contributed by atoms with E-state index >= 15 is 0 Å². The van der Waals surface area contributed by atoms with Gasteiger partial charge in [0.1, 0.15) is 5.82 Å². The molecule has 29 heavy (non-hydrogen) atoms. The van der Waals surface area contributed by atoms with Crippen LogP contribution in [0.1, 0.15) is 25.1 Å². The number of imidazole rings is 1. The van der Waals surface area contributed by atoms with Crippen molar-refractivity contribution in [2.45, 2.75) is 30.6 Å². The number of quaternary nitrogens is 1. The zero-order chi connectivity index (χ0) is 20.4. The van der Waals surface area contributed by atoms with Gasteiger partial charge < -0.3 is 9.47 Å². The number of aryl methyl sites for hydroxylation is 1. The minimum Gasteiger partial charge on any atom is -0.335 e. The molecule has 2 aromatic carbocycles. The van der Waals surface area contributed by atoms with Crippen LogP contribution < -0.4 is 9.62 Å². The molecule has 1 fully saturated rings. The van der Waals surface area contributed by atoms with Crippen LogP contribution >= 0.6 is 11.6 Å². The van der Waals surface area contributed by atoms with Gasteiger partial charge in [0.15, 0.2) is 0 Å². The van der Waals surface area contributed by atoms with Gasteiger partial charge in [-0.2, -0.15) is 0 Å². The molecule has 1 saturated heterocycles. The maximum absolute atomic E-state index is 12.6. The Labute approximate surface area is 176 Å². The van der Waals surface area contributed by atoms with E-state index in [1.165, 1.54) is 44.5 Å². The maximum atomic E-state index is 12.6. The minimum absolute atomic E-state index is 0.174. The number of hydrogen-bond acceptors (Lipinski definition) is 3. The third kappa shape index (κ3) is 4.57. The lowest BCUT2D eigenvalue weighted by atomic mass is 10.1. The van der Waals surface area contributed by atoms with Gasteiger partial charge in [-0.1, -0.05) is 11.6 Å². The summed E-state index contributed by atoms with van der Waals surface area (Å²) in [5.74, 6) is 1.04. The predicted molar refractivity (Wildman–Crippen MR) is 116 cm³/mol. The summed E-state index contributed by atoms with van der Waals surface area (Å²) in [6, 6.07) is 11.6. The van der Waals surface area contributed by atoms with Crippen LogP contribution in [-0.2, 0) is 23.5 Å². The van der Waals surface area contributed by atoms with Crippen molar-refractivity contribution in [3.63, 3.8) is 0 Å². The number of likely N-dealkylation sites (tertiary alicyclic amines) is 1. The molecule has 0 spiro atoms. The van der Waals surface area contributed by atoms with Crippen molar-refractivity contribution in [1.29, 1.82) is 0 Å². The van der Waals surface area contributed by atoms with Crippen molar-refractivity contribution in [2.75, 3.05) is 24.4 Å². The summed E-state index contributed by atoms with van der Waals surface area (Å²) in [5.41, 5.74) is 2.30. The minimum atomic E-state index is -3.67. The van der Waals surface area contributed by atoms with E-state index in [1.807, 2.05) is 13.1 Å². The molecular formula is C21H26ClN4O2S+. The molecule has 0 saturated carbocycles. The van der Waals surface area contributed by atoms with Gasteiger partial charge in [-0.25, -0.2) is 13.4 Å². The third-order valence-corrected chi connectivity index (χ3v) is 7.26. The van der Waals surface area contributed by atoms with Crippen LogP contribution in [0.2, 0.25) is 5.02 Å². The fourth-order valence-corrected chi connectivity index (χ4v) is 5.13. The molecular weight excluding hydrogens is 408 g/mol. The first-order chi connectivity index (χ1) is 13.9. The smallest absolute Gasteiger partial charge is 0.261 e. The van der Waals surface area contributed by atoms with Gasteiger partial charge in [0, 0.05) is 12.1 Å². The van der Waals surface area contributed by atoms with E-state index in [0.717, 1.165) is 29.8 Å². The molecule has 1 aliphatic rings. The molecule has 6 nitrogen and oxygen atoms in total. The first kappa shape index (κ1) is 20.2. The summed E-state index contributed by atoms with van der Waals surface area (Å²) in [5, 5.41) is 0.498. The van der Waals surface area contributed by atoms with E-state index in [4.69, 9.17) is 16.6 Å². The summed E-state index contributed by atoms with van der Waals surface area (Å²) in [4.78, 5) is 6.60. The number of benzene rings is 2. The Hall–Kier alpha value is -2.09. The lowest BCUT2D eigenvalue weighted by Crippen LogP contribution is -3.13. The zero-order valence-corrected chi connectivity index (χ0v) is 18.1. The highest BCUT2D eigenvalue weighted by Gasteiger charge is 2.17. The molecule has 154 valence electrons. The second-order valence-corrected chi connectivity index (χ2v) is 9.78. The maximum Gasteiger partial charge on any atom is 0.261 e. The van der Waals surface area contributed by atoms with Gasteiger partial charge in [0.2, 0.25) is 0 Å². The van der Waals surface area contributed by atoms with Crippen molar-refractivity contribution >= 4 is 38.3 Å². The molecule has 2 N–H and O–H groups in total. The molecule has 1 aromatic heterocycles.